The molecule has 0 saturated heterocycles. The predicted molar refractivity (Wildman–Crippen MR) is 203 cm³/mol. The molecular weight excluding hydrogens is 591 g/mol. The molecule has 0 unspecified atom stereocenters. The number of carbonyl (C=O) groups is 1. The Morgan fingerprint density at radius 1 is 0.596 bits per heavy atom. The molecule has 242 valence electrons. The minimum absolute atomic E-state index is 0.123. The second-order valence-electron chi connectivity index (χ2n) is 13.0. The third-order valence-electron chi connectivity index (χ3n) is 9.25. The Morgan fingerprint density at radius 2 is 1.04 bits per heavy atom. The molecule has 0 aromatic heterocycles. The third kappa shape index (κ3) is 8.88. The van der Waals surface area contributed by atoms with Gasteiger partial charge in [-0.1, -0.05) is 124 Å². The van der Waals surface area contributed by atoms with Crippen LogP contribution in [0, 0.1) is 6.92 Å². The van der Waals surface area contributed by atoms with Gasteiger partial charge in [-0.15, -0.1) is 0 Å². The zero-order chi connectivity index (χ0) is 32.9. The van der Waals surface area contributed by atoms with Crippen LogP contribution < -0.4 is 20.7 Å². The van der Waals surface area contributed by atoms with E-state index in [0.717, 1.165) is 30.4 Å². The van der Waals surface area contributed by atoms with E-state index in [-0.39, 0.29) is 11.9 Å². The van der Waals surface area contributed by atoms with Gasteiger partial charge in [0, 0.05) is 6.42 Å². The first-order chi connectivity index (χ1) is 23.0. The largest absolute Gasteiger partial charge is 0.426 e. The fourth-order valence-electron chi connectivity index (χ4n) is 6.72. The Balaban J connectivity index is 1.10. The van der Waals surface area contributed by atoms with Crippen LogP contribution in [0.2, 0.25) is 0 Å². The molecule has 0 spiro atoms. The molecule has 0 aliphatic heterocycles. The van der Waals surface area contributed by atoms with E-state index >= 15 is 0 Å². The Morgan fingerprint density at radius 3 is 1.53 bits per heavy atom. The molecular formula is C44H50O2P+. The van der Waals surface area contributed by atoms with Crippen molar-refractivity contribution in [1.82, 2.24) is 0 Å². The zero-order valence-electron chi connectivity index (χ0n) is 28.4. The minimum Gasteiger partial charge on any atom is -0.426 e. The topological polar surface area (TPSA) is 26.3 Å². The lowest BCUT2D eigenvalue weighted by molar-refractivity contribution is -0.134. The molecule has 0 bridgehead atoms. The van der Waals surface area contributed by atoms with Crippen molar-refractivity contribution >= 4 is 29.1 Å². The van der Waals surface area contributed by atoms with Gasteiger partial charge >= 0.3 is 5.97 Å². The van der Waals surface area contributed by atoms with Crippen molar-refractivity contribution in [3.8, 4) is 16.9 Å². The maximum absolute atomic E-state index is 12.9. The lowest BCUT2D eigenvalue weighted by Gasteiger charge is -2.27. The molecule has 0 aliphatic carbocycles. The zero-order valence-corrected chi connectivity index (χ0v) is 29.3. The van der Waals surface area contributed by atoms with E-state index < -0.39 is 7.26 Å². The van der Waals surface area contributed by atoms with Gasteiger partial charge in [0.2, 0.25) is 0 Å². The highest BCUT2D eigenvalue weighted by Crippen LogP contribution is 2.56. The smallest absolute Gasteiger partial charge is 0.311 e. The molecule has 3 heteroatoms. The Hall–Kier alpha value is -4.00. The summed E-state index contributed by atoms with van der Waals surface area (Å²) >= 11 is 0. The molecule has 0 aliphatic rings. The number of ether oxygens (including phenoxy) is 1. The molecule has 0 heterocycles. The summed E-state index contributed by atoms with van der Waals surface area (Å²) in [6.45, 7) is 6.41. The summed E-state index contributed by atoms with van der Waals surface area (Å²) in [7, 11) is -1.74. The highest BCUT2D eigenvalue weighted by Gasteiger charge is 2.44. The third-order valence-corrected chi connectivity index (χ3v) is 13.8. The molecule has 5 aromatic carbocycles. The van der Waals surface area contributed by atoms with Crippen LogP contribution in [0.3, 0.4) is 0 Å². The molecule has 0 atom stereocenters. The van der Waals surface area contributed by atoms with Gasteiger partial charge in [-0.25, -0.2) is 0 Å². The van der Waals surface area contributed by atoms with Crippen molar-refractivity contribution < 1.29 is 9.53 Å². The first-order valence-electron chi connectivity index (χ1n) is 17.4. The van der Waals surface area contributed by atoms with Gasteiger partial charge < -0.3 is 4.74 Å². The van der Waals surface area contributed by atoms with Crippen molar-refractivity contribution in [2.75, 3.05) is 6.16 Å². The number of hydrogen-bond acceptors (Lipinski definition) is 2. The Labute approximate surface area is 283 Å². The second kappa shape index (κ2) is 17.2. The lowest BCUT2D eigenvalue weighted by atomic mass is 9.93. The minimum atomic E-state index is -1.74. The highest BCUT2D eigenvalue weighted by atomic mass is 31.2. The van der Waals surface area contributed by atoms with Crippen LogP contribution in [-0.2, 0) is 4.79 Å². The first kappa shape index (κ1) is 34.3. The van der Waals surface area contributed by atoms with E-state index in [0.29, 0.717) is 12.2 Å². The van der Waals surface area contributed by atoms with Crippen LogP contribution in [-0.4, -0.2) is 12.1 Å². The Bertz CT molecular complexity index is 1570. The summed E-state index contributed by atoms with van der Waals surface area (Å²) in [5.41, 5.74) is 4.59. The summed E-state index contributed by atoms with van der Waals surface area (Å²) in [5.74, 6) is 0.852. The van der Waals surface area contributed by atoms with Crippen LogP contribution in [0.25, 0.3) is 11.1 Å². The summed E-state index contributed by atoms with van der Waals surface area (Å²) in [6, 6.07) is 48.2. The predicted octanol–water partition coefficient (Wildman–Crippen LogP) is 10.8. The van der Waals surface area contributed by atoms with Crippen molar-refractivity contribution in [1.29, 1.82) is 0 Å². The summed E-state index contributed by atoms with van der Waals surface area (Å²) in [6.07, 6.45) is 9.62. The maximum atomic E-state index is 12.9. The van der Waals surface area contributed by atoms with Gasteiger partial charge in [0.25, 0.3) is 0 Å². The van der Waals surface area contributed by atoms with Crippen LogP contribution in [0.4, 0.5) is 0 Å². The summed E-state index contributed by atoms with van der Waals surface area (Å²) < 4.78 is 5.94. The van der Waals surface area contributed by atoms with Gasteiger partial charge in [0.1, 0.15) is 28.9 Å². The van der Waals surface area contributed by atoms with Crippen molar-refractivity contribution in [2.45, 2.75) is 78.1 Å². The fraction of sp³-hybridized carbons (Fsp3) is 0.295. The first-order valence-corrected chi connectivity index (χ1v) is 19.4. The quantitative estimate of drug-likeness (QED) is 0.0464. The van der Waals surface area contributed by atoms with Gasteiger partial charge in [0.05, 0.1) is 6.16 Å². The average molecular weight is 642 g/mol. The highest BCUT2D eigenvalue weighted by molar-refractivity contribution is 7.95. The van der Waals surface area contributed by atoms with Gasteiger partial charge in [-0.3, -0.25) is 4.79 Å². The van der Waals surface area contributed by atoms with Crippen molar-refractivity contribution in [2.24, 2.45) is 0 Å². The number of rotatable bonds is 16. The van der Waals surface area contributed by atoms with E-state index in [1.807, 2.05) is 12.1 Å². The van der Waals surface area contributed by atoms with Crippen molar-refractivity contribution in [3.63, 3.8) is 0 Å². The monoisotopic (exact) mass is 641 g/mol. The molecule has 0 saturated carbocycles. The van der Waals surface area contributed by atoms with Gasteiger partial charge in [0.15, 0.2) is 0 Å². The average Bonchev–Trinajstić information content (AvgIpc) is 3.11. The number of hydrogen-bond donors (Lipinski definition) is 0. The summed E-state index contributed by atoms with van der Waals surface area (Å²) in [5, 5.41) is 4.39. The molecule has 0 fully saturated rings. The van der Waals surface area contributed by atoms with E-state index in [1.165, 1.54) is 58.9 Å². The molecule has 47 heavy (non-hydrogen) atoms. The number of carbonyl (C=O) groups excluding carboxylic acids is 1. The van der Waals surface area contributed by atoms with E-state index in [1.54, 1.807) is 0 Å². The maximum Gasteiger partial charge on any atom is 0.311 e. The normalized spacial score (nSPS) is 11.5. The number of benzene rings is 5. The van der Waals surface area contributed by atoms with E-state index in [9.17, 15) is 4.79 Å². The fourth-order valence-corrected chi connectivity index (χ4v) is 11.1. The van der Waals surface area contributed by atoms with Crippen LogP contribution in [0.1, 0.15) is 82.3 Å². The van der Waals surface area contributed by atoms with Crippen LogP contribution in [0.5, 0.6) is 5.75 Å². The number of aryl methyl sites for hydroxylation is 1. The van der Waals surface area contributed by atoms with Crippen LogP contribution in [0.15, 0.2) is 133 Å². The molecule has 0 N–H and O–H groups in total. The van der Waals surface area contributed by atoms with E-state index in [4.69, 9.17) is 4.74 Å². The summed E-state index contributed by atoms with van der Waals surface area (Å²) in [4.78, 5) is 12.9. The number of esters is 1. The molecule has 0 amide bonds. The number of unbranched alkanes of at least 4 members (excludes halogenated alkanes) is 6. The second-order valence-corrected chi connectivity index (χ2v) is 16.6. The SMILES string of the molecule is Cc1cc(OC(=O)CCCCCCCCC[P+](c2ccccc2)(c2ccccc2)c2ccccc2)c(C(C)C)cc1-c1ccccc1. The standard InChI is InChI=1S/C44H50O2P/c1-35(2)41-34-42(37-23-13-9-14-24-37)36(3)33-43(41)46-44(45)31-21-7-5-4-6-8-22-32-47(38-25-15-10-16-26-38,39-27-17-11-18-28-39)40-29-19-12-20-30-40/h9-20,23-30,33-35H,4-8,21-22,31-32H2,1-3H3/q+1. The molecule has 5 aromatic rings. The molecule has 0 radical (unpaired) electrons. The van der Waals surface area contributed by atoms with Gasteiger partial charge in [-0.05, 0) is 103 Å². The lowest BCUT2D eigenvalue weighted by Crippen LogP contribution is -2.33. The van der Waals surface area contributed by atoms with E-state index in [2.05, 4.69) is 142 Å². The van der Waals surface area contributed by atoms with Gasteiger partial charge in [-0.2, -0.15) is 0 Å². The van der Waals surface area contributed by atoms with Crippen molar-refractivity contribution in [3.05, 3.63) is 145 Å². The molecule has 5 rings (SSSR count). The Kier molecular flexibility index (Phi) is 12.6. The van der Waals surface area contributed by atoms with Crippen LogP contribution >= 0.6 is 7.26 Å². The molecule has 2 nitrogen and oxygen atoms in total.